The van der Waals surface area contributed by atoms with E-state index in [1.165, 1.54) is 6.20 Å². The molecule has 6 heavy (non-hydrogen) atoms. The minimum absolute atomic E-state index is 0.123. The van der Waals surface area contributed by atoms with Crippen LogP contribution in [0.2, 0.25) is 0 Å². The van der Waals surface area contributed by atoms with E-state index in [0.29, 0.717) is 5.89 Å². The molecule has 0 fully saturated rings. The minimum atomic E-state index is 0.123. The van der Waals surface area contributed by atoms with Crippen molar-refractivity contribution in [3.05, 3.63) is 18.3 Å². The van der Waals surface area contributed by atoms with Crippen LogP contribution in [0.3, 0.4) is 0 Å². The molecule has 0 bridgehead atoms. The van der Waals surface area contributed by atoms with E-state index in [2.05, 4.69) is 9.40 Å². The Morgan fingerprint density at radius 3 is 3.17 bits per heavy atom. The first-order valence-corrected chi connectivity index (χ1v) is 1.68. The summed E-state index contributed by atoms with van der Waals surface area (Å²) in [5.74, 6) is 0.546. The van der Waals surface area contributed by atoms with E-state index < -0.39 is 0 Å². The van der Waals surface area contributed by atoms with Gasteiger partial charge in [0.25, 0.3) is 0 Å². The molecule has 1 aromatic heterocycles. The molecular weight excluding hydrogens is 78.0 g/mol. The Morgan fingerprint density at radius 2 is 3.00 bits per heavy atom. The molecule has 0 aliphatic rings. The first-order valence-electron chi connectivity index (χ1n) is 2.18. The summed E-state index contributed by atoms with van der Waals surface area (Å²) in [7, 11) is 0. The molecule has 0 radical (unpaired) electrons. The predicted octanol–water partition coefficient (Wildman–Crippen LogP) is 0.983. The van der Waals surface area contributed by atoms with Gasteiger partial charge in [-0.05, 0) is 0 Å². The summed E-state index contributed by atoms with van der Waals surface area (Å²) in [6.45, 7) is 1.71. The van der Waals surface area contributed by atoms with Crippen molar-refractivity contribution in [3.8, 4) is 0 Å². The molecule has 0 unspecified atom stereocenters. The zero-order valence-corrected chi connectivity index (χ0v) is 3.43. The van der Waals surface area contributed by atoms with Gasteiger partial charge in [0.15, 0.2) is 5.89 Å². The highest BCUT2D eigenvalue weighted by molar-refractivity contribution is 4.72. The normalized spacial score (nSPS) is 11.2. The van der Waals surface area contributed by atoms with Crippen molar-refractivity contribution >= 4 is 0 Å². The zero-order chi connectivity index (χ0) is 5.28. The van der Waals surface area contributed by atoms with Crippen molar-refractivity contribution in [3.63, 3.8) is 0 Å². The number of rotatable bonds is 0. The topological polar surface area (TPSA) is 26.0 Å². The van der Waals surface area contributed by atoms with Crippen molar-refractivity contribution in [2.24, 2.45) is 0 Å². The van der Waals surface area contributed by atoms with Crippen molar-refractivity contribution in [1.29, 1.82) is 0 Å². The van der Waals surface area contributed by atoms with Crippen LogP contribution in [0.4, 0.5) is 0 Å². The maximum Gasteiger partial charge on any atom is 0.190 e. The standard InChI is InChI=1S/C4H5NO/c1-4-5-2-3-6-4/h2-3H,1H3/i3T. The van der Waals surface area contributed by atoms with Crippen molar-refractivity contribution in [1.82, 2.24) is 4.98 Å². The van der Waals surface area contributed by atoms with Crippen LogP contribution in [-0.4, -0.2) is 4.98 Å². The quantitative estimate of drug-likeness (QED) is 0.469. The second kappa shape index (κ2) is 1.12. The first kappa shape index (κ1) is 2.39. The van der Waals surface area contributed by atoms with Gasteiger partial charge < -0.3 is 4.42 Å². The average molecular weight is 85.1 g/mol. The van der Waals surface area contributed by atoms with E-state index in [9.17, 15) is 0 Å². The fraction of sp³-hybridized carbons (Fsp3) is 0.250. The van der Waals surface area contributed by atoms with Gasteiger partial charge in [-0.25, -0.2) is 4.98 Å². The van der Waals surface area contributed by atoms with Gasteiger partial charge in [0, 0.05) is 6.92 Å². The molecule has 0 saturated heterocycles. The van der Waals surface area contributed by atoms with Gasteiger partial charge in [0.1, 0.15) is 7.61 Å². The summed E-state index contributed by atoms with van der Waals surface area (Å²) in [6, 6.07) is 0. The minimum Gasteiger partial charge on any atom is -0.449 e. The van der Waals surface area contributed by atoms with Crippen LogP contribution in [0.1, 0.15) is 7.26 Å². The fourth-order valence-corrected chi connectivity index (χ4v) is 0.255. The second-order valence-corrected chi connectivity index (χ2v) is 0.997. The zero-order valence-electron chi connectivity index (χ0n) is 4.43. The van der Waals surface area contributed by atoms with Crippen LogP contribution in [-0.2, 0) is 0 Å². The molecule has 1 rings (SSSR count). The Morgan fingerprint density at radius 1 is 2.17 bits per heavy atom. The molecule has 0 aliphatic heterocycles. The lowest BCUT2D eigenvalue weighted by molar-refractivity contribution is 0.521. The second-order valence-electron chi connectivity index (χ2n) is 0.997. The third kappa shape index (κ3) is 0.407. The average Bonchev–Trinajstić information content (AvgIpc) is 1.87. The molecule has 1 aromatic rings. The molecule has 0 N–H and O–H groups in total. The Labute approximate surface area is 37.2 Å². The highest BCUT2D eigenvalue weighted by Gasteiger charge is 1.77. The number of hydrogen-bond acceptors (Lipinski definition) is 2. The van der Waals surface area contributed by atoms with Crippen LogP contribution < -0.4 is 0 Å². The summed E-state index contributed by atoms with van der Waals surface area (Å²) in [4.78, 5) is 3.66. The number of nitrogens with zero attached hydrogens (tertiary/aromatic N) is 1. The van der Waals surface area contributed by atoms with E-state index in [-0.39, 0.29) is 6.24 Å². The summed E-state index contributed by atoms with van der Waals surface area (Å²) in [6.07, 6.45) is 1.49. The smallest absolute Gasteiger partial charge is 0.190 e. The van der Waals surface area contributed by atoms with Crippen LogP contribution in [0.15, 0.2) is 16.9 Å². The lowest BCUT2D eigenvalue weighted by Gasteiger charge is -1.67. The summed E-state index contributed by atoms with van der Waals surface area (Å²) < 4.78 is 11.4. The fourth-order valence-electron chi connectivity index (χ4n) is 0.255. The third-order valence-electron chi connectivity index (χ3n) is 0.506. The number of oxazole rings is 1. The van der Waals surface area contributed by atoms with Gasteiger partial charge in [0.05, 0.1) is 6.20 Å². The molecule has 0 aromatic carbocycles. The maximum atomic E-state index is 6.79. The molecule has 0 atom stereocenters. The molecule has 2 heteroatoms. The molecule has 0 aliphatic carbocycles. The lowest BCUT2D eigenvalue weighted by Crippen LogP contribution is -1.59. The van der Waals surface area contributed by atoms with E-state index >= 15 is 0 Å². The van der Waals surface area contributed by atoms with E-state index in [1.807, 2.05) is 0 Å². The Balaban J connectivity index is 3.04. The summed E-state index contributed by atoms with van der Waals surface area (Å²) in [5.41, 5.74) is 0. The van der Waals surface area contributed by atoms with E-state index in [0.717, 1.165) is 0 Å². The number of aromatic nitrogens is 1. The molecule has 32 valence electrons. The van der Waals surface area contributed by atoms with Gasteiger partial charge in [-0.2, -0.15) is 0 Å². The van der Waals surface area contributed by atoms with Crippen LogP contribution in [0.25, 0.3) is 0 Å². The molecule has 0 saturated carbocycles. The van der Waals surface area contributed by atoms with Crippen molar-refractivity contribution in [2.45, 2.75) is 6.92 Å². The molecular formula is C4H5NO. The Bertz CT molecular complexity index is 144. The summed E-state index contributed by atoms with van der Waals surface area (Å²) in [5, 5.41) is 0. The predicted molar refractivity (Wildman–Crippen MR) is 21.2 cm³/mol. The van der Waals surface area contributed by atoms with Gasteiger partial charge in [-0.3, -0.25) is 0 Å². The number of hydrogen-bond donors (Lipinski definition) is 0. The van der Waals surface area contributed by atoms with Crippen LogP contribution in [0.5, 0.6) is 0 Å². The maximum absolute atomic E-state index is 6.79. The van der Waals surface area contributed by atoms with Gasteiger partial charge in [-0.1, -0.05) is 0 Å². The molecule has 1 heterocycles. The van der Waals surface area contributed by atoms with Crippen molar-refractivity contribution in [2.75, 3.05) is 0 Å². The van der Waals surface area contributed by atoms with Gasteiger partial charge in [-0.15, -0.1) is 0 Å². The SMILES string of the molecule is [3H]c1cnc(C)o1. The lowest BCUT2D eigenvalue weighted by atomic mass is 10.8. The highest BCUT2D eigenvalue weighted by Crippen LogP contribution is 1.86. The largest absolute Gasteiger partial charge is 0.449 e. The monoisotopic (exact) mass is 85.0 g/mol. The number of aryl methyl sites for hydroxylation is 1. The van der Waals surface area contributed by atoms with E-state index in [1.54, 1.807) is 6.92 Å². The molecule has 0 amide bonds. The van der Waals surface area contributed by atoms with Crippen molar-refractivity contribution < 1.29 is 5.79 Å². The van der Waals surface area contributed by atoms with Gasteiger partial charge in [0.2, 0.25) is 0 Å². The Hall–Kier alpha value is -0.790. The molecule has 0 spiro atoms. The van der Waals surface area contributed by atoms with Crippen LogP contribution in [0, 0.1) is 6.92 Å². The first-order chi connectivity index (χ1) is 3.29. The van der Waals surface area contributed by atoms with E-state index in [4.69, 9.17) is 1.37 Å². The third-order valence-corrected chi connectivity index (χ3v) is 0.506. The van der Waals surface area contributed by atoms with Gasteiger partial charge >= 0.3 is 0 Å². The molecule has 2 nitrogen and oxygen atoms in total. The van der Waals surface area contributed by atoms with Crippen LogP contribution >= 0.6 is 0 Å². The highest BCUT2D eigenvalue weighted by atomic mass is 16.3. The Kier molecular flexibility index (Phi) is 0.449. The summed E-state index contributed by atoms with van der Waals surface area (Å²) >= 11 is 0.